The van der Waals surface area contributed by atoms with Crippen LogP contribution < -0.4 is 10.1 Å². The van der Waals surface area contributed by atoms with Crippen LogP contribution in [0.2, 0.25) is 0 Å². The summed E-state index contributed by atoms with van der Waals surface area (Å²) in [4.78, 5) is 21.1. The molecule has 0 bridgehead atoms. The molecule has 0 unspecified atom stereocenters. The Morgan fingerprint density at radius 3 is 2.55 bits per heavy atom. The number of nitrogens with zero attached hydrogens (tertiary/aromatic N) is 6. The first-order valence-electron chi connectivity index (χ1n) is 10.2. The molecule has 3 aromatic heterocycles. The second-order valence-corrected chi connectivity index (χ2v) is 7.15. The van der Waals surface area contributed by atoms with Gasteiger partial charge in [-0.2, -0.15) is 10.2 Å². The van der Waals surface area contributed by atoms with Crippen molar-refractivity contribution in [3.05, 3.63) is 97.2 Å². The minimum atomic E-state index is -0.250. The van der Waals surface area contributed by atoms with Crippen molar-refractivity contribution in [2.45, 2.75) is 0 Å². The number of aromatic nitrogens is 6. The van der Waals surface area contributed by atoms with Gasteiger partial charge in [0.25, 0.3) is 5.91 Å². The molecule has 0 radical (unpaired) electrons. The summed E-state index contributed by atoms with van der Waals surface area (Å²) in [5, 5.41) is 11.5. The van der Waals surface area contributed by atoms with Crippen LogP contribution in [0.4, 0.5) is 5.69 Å². The smallest absolute Gasteiger partial charge is 0.273 e. The third kappa shape index (κ3) is 4.47. The fourth-order valence-electron chi connectivity index (χ4n) is 3.27. The number of carbonyl (C=O) groups excluding carboxylic acids is 1. The van der Waals surface area contributed by atoms with Crippen LogP contribution in [0.25, 0.3) is 17.1 Å². The summed E-state index contributed by atoms with van der Waals surface area (Å²) in [7, 11) is 1.75. The molecule has 162 valence electrons. The highest BCUT2D eigenvalue weighted by molar-refractivity contribution is 6.03. The molecule has 33 heavy (non-hydrogen) atoms. The number of benzene rings is 2. The molecule has 1 amide bonds. The van der Waals surface area contributed by atoms with Gasteiger partial charge in [-0.05, 0) is 36.4 Å². The topological polar surface area (TPSA) is 99.8 Å². The van der Waals surface area contributed by atoms with E-state index in [9.17, 15) is 4.79 Å². The number of rotatable bonds is 6. The van der Waals surface area contributed by atoms with Crippen molar-refractivity contribution in [2.75, 3.05) is 5.32 Å². The lowest BCUT2D eigenvalue weighted by atomic mass is 10.1. The summed E-state index contributed by atoms with van der Waals surface area (Å²) in [6, 6.07) is 22.0. The maximum absolute atomic E-state index is 12.8. The number of hydrogen-bond acceptors (Lipinski definition) is 6. The van der Waals surface area contributed by atoms with E-state index in [-0.39, 0.29) is 5.91 Å². The Morgan fingerprint density at radius 1 is 0.970 bits per heavy atom. The highest BCUT2D eigenvalue weighted by Gasteiger charge is 2.14. The molecule has 5 aromatic rings. The first-order chi connectivity index (χ1) is 16.2. The Kier molecular flexibility index (Phi) is 5.34. The van der Waals surface area contributed by atoms with Crippen molar-refractivity contribution in [1.82, 2.24) is 29.5 Å². The molecule has 0 aliphatic rings. The van der Waals surface area contributed by atoms with Crippen molar-refractivity contribution in [2.24, 2.45) is 7.05 Å². The average molecular weight is 437 g/mol. The number of nitrogens with one attached hydrogen (secondary N) is 1. The third-order valence-electron chi connectivity index (χ3n) is 4.88. The largest absolute Gasteiger partial charge is 0.439 e. The number of anilines is 1. The van der Waals surface area contributed by atoms with E-state index in [1.165, 1.54) is 6.33 Å². The Hall–Kier alpha value is -4.79. The summed E-state index contributed by atoms with van der Waals surface area (Å²) < 4.78 is 9.00. The molecule has 2 aromatic carbocycles. The quantitative estimate of drug-likeness (QED) is 0.429. The van der Waals surface area contributed by atoms with E-state index in [1.54, 1.807) is 65.2 Å². The van der Waals surface area contributed by atoms with Gasteiger partial charge in [0.15, 0.2) is 5.82 Å². The number of amides is 1. The SMILES string of the molecule is Cn1nc(-c2ccccc2)cc1C(=O)Nc1ccc(Oc2cc(-n3cccn3)ncn2)cc1. The van der Waals surface area contributed by atoms with E-state index < -0.39 is 0 Å². The Morgan fingerprint density at radius 2 is 1.79 bits per heavy atom. The first kappa shape index (κ1) is 20.1. The Bertz CT molecular complexity index is 1380. The predicted molar refractivity (Wildman–Crippen MR) is 122 cm³/mol. The molecule has 0 atom stereocenters. The Labute approximate surface area is 189 Å². The van der Waals surface area contributed by atoms with Crippen LogP contribution in [-0.4, -0.2) is 35.4 Å². The summed E-state index contributed by atoms with van der Waals surface area (Å²) in [5.74, 6) is 1.31. The standard InChI is InChI=1S/C24H19N7O2/c1-30-21(14-20(29-30)17-6-3-2-4-7-17)24(32)28-18-8-10-19(11-9-18)33-23-15-22(25-16-26-23)31-13-5-12-27-31/h2-16H,1H3,(H,28,32). The molecule has 0 aliphatic heterocycles. The van der Waals surface area contributed by atoms with E-state index in [2.05, 4.69) is 25.5 Å². The average Bonchev–Trinajstić information content (AvgIpc) is 3.51. The molecule has 5 rings (SSSR count). The minimum Gasteiger partial charge on any atom is -0.439 e. The number of ether oxygens (including phenoxy) is 1. The maximum Gasteiger partial charge on any atom is 0.273 e. The molecular formula is C24H19N7O2. The molecule has 0 saturated carbocycles. The fraction of sp³-hybridized carbons (Fsp3) is 0.0417. The van der Waals surface area contributed by atoms with Crippen LogP contribution in [0.1, 0.15) is 10.5 Å². The second-order valence-electron chi connectivity index (χ2n) is 7.15. The van der Waals surface area contributed by atoms with Gasteiger partial charge in [-0.25, -0.2) is 14.6 Å². The van der Waals surface area contributed by atoms with Gasteiger partial charge in [0.2, 0.25) is 5.88 Å². The summed E-state index contributed by atoms with van der Waals surface area (Å²) in [6.07, 6.45) is 4.87. The van der Waals surface area contributed by atoms with Crippen LogP contribution >= 0.6 is 0 Å². The van der Waals surface area contributed by atoms with Crippen molar-refractivity contribution in [3.63, 3.8) is 0 Å². The van der Waals surface area contributed by atoms with Crippen LogP contribution in [0.15, 0.2) is 91.5 Å². The first-order valence-corrected chi connectivity index (χ1v) is 10.2. The molecule has 0 fully saturated rings. The normalized spacial score (nSPS) is 10.7. The van der Waals surface area contributed by atoms with Crippen LogP contribution in [0.5, 0.6) is 11.6 Å². The van der Waals surface area contributed by atoms with Gasteiger partial charge in [-0.1, -0.05) is 30.3 Å². The van der Waals surface area contributed by atoms with E-state index in [0.29, 0.717) is 28.8 Å². The highest BCUT2D eigenvalue weighted by Crippen LogP contribution is 2.23. The van der Waals surface area contributed by atoms with Gasteiger partial charge in [0, 0.05) is 36.8 Å². The molecule has 3 heterocycles. The second kappa shape index (κ2) is 8.75. The van der Waals surface area contributed by atoms with Crippen molar-refractivity contribution in [1.29, 1.82) is 0 Å². The van der Waals surface area contributed by atoms with Gasteiger partial charge < -0.3 is 10.1 Å². The van der Waals surface area contributed by atoms with Crippen LogP contribution in [0.3, 0.4) is 0 Å². The monoisotopic (exact) mass is 437 g/mol. The predicted octanol–water partition coefficient (Wildman–Crippen LogP) is 4.11. The van der Waals surface area contributed by atoms with E-state index in [0.717, 1.165) is 11.3 Å². The fourth-order valence-corrected chi connectivity index (χ4v) is 3.27. The van der Waals surface area contributed by atoms with Crippen molar-refractivity contribution >= 4 is 11.6 Å². The summed E-state index contributed by atoms with van der Waals surface area (Å²) >= 11 is 0. The molecule has 0 aliphatic carbocycles. The zero-order valence-electron chi connectivity index (χ0n) is 17.7. The summed E-state index contributed by atoms with van der Waals surface area (Å²) in [5.41, 5.74) is 2.79. The molecule has 1 N–H and O–H groups in total. The number of aryl methyl sites for hydroxylation is 1. The van der Waals surface area contributed by atoms with E-state index in [4.69, 9.17) is 4.74 Å². The lowest BCUT2D eigenvalue weighted by Crippen LogP contribution is -2.15. The van der Waals surface area contributed by atoms with Crippen molar-refractivity contribution < 1.29 is 9.53 Å². The lowest BCUT2D eigenvalue weighted by molar-refractivity contribution is 0.101. The van der Waals surface area contributed by atoms with Crippen LogP contribution in [0, 0.1) is 0 Å². The molecule has 9 heteroatoms. The maximum atomic E-state index is 12.8. The Balaban J connectivity index is 1.27. The molecule has 0 spiro atoms. The van der Waals surface area contributed by atoms with Gasteiger partial charge >= 0.3 is 0 Å². The highest BCUT2D eigenvalue weighted by atomic mass is 16.5. The van der Waals surface area contributed by atoms with Crippen molar-refractivity contribution in [3.8, 4) is 28.7 Å². The van der Waals surface area contributed by atoms with E-state index in [1.807, 2.05) is 36.4 Å². The zero-order chi connectivity index (χ0) is 22.6. The molecular weight excluding hydrogens is 418 g/mol. The van der Waals surface area contributed by atoms with Gasteiger partial charge in [0.05, 0.1) is 5.69 Å². The van der Waals surface area contributed by atoms with Crippen LogP contribution in [-0.2, 0) is 7.05 Å². The number of hydrogen-bond donors (Lipinski definition) is 1. The molecule has 9 nitrogen and oxygen atoms in total. The number of carbonyl (C=O) groups is 1. The van der Waals surface area contributed by atoms with E-state index >= 15 is 0 Å². The summed E-state index contributed by atoms with van der Waals surface area (Å²) in [6.45, 7) is 0. The van der Waals surface area contributed by atoms with Gasteiger partial charge in [0.1, 0.15) is 17.8 Å². The minimum absolute atomic E-state index is 0.250. The van der Waals surface area contributed by atoms with Gasteiger partial charge in [-0.3, -0.25) is 9.48 Å². The lowest BCUT2D eigenvalue weighted by Gasteiger charge is -2.08. The zero-order valence-corrected chi connectivity index (χ0v) is 17.7. The van der Waals surface area contributed by atoms with Gasteiger partial charge in [-0.15, -0.1) is 0 Å². The molecule has 0 saturated heterocycles. The third-order valence-corrected chi connectivity index (χ3v) is 4.88.